The molecule has 5 aromatic carbocycles. The minimum atomic E-state index is -1.22. The Morgan fingerprint density at radius 2 is 0.875 bits per heavy atom. The molecule has 0 aromatic heterocycles. The molecule has 0 N–H and O–H groups in total. The molecule has 0 saturated heterocycles. The predicted molar refractivity (Wildman–Crippen MR) is 172 cm³/mol. The molecule has 0 saturated carbocycles. The summed E-state index contributed by atoms with van der Waals surface area (Å²) >= 11 is 0. The van der Waals surface area contributed by atoms with Crippen molar-refractivity contribution in [2.75, 3.05) is 0 Å². The Morgan fingerprint density at radius 3 is 1.07 bits per heavy atom. The van der Waals surface area contributed by atoms with Gasteiger partial charge in [-0.05, 0) is 6.92 Å². The van der Waals surface area contributed by atoms with Gasteiger partial charge in [-0.15, -0.1) is 6.08 Å². The van der Waals surface area contributed by atoms with E-state index in [0.29, 0.717) is 0 Å². The van der Waals surface area contributed by atoms with E-state index in [2.05, 4.69) is 159 Å². The minimum Gasteiger partial charge on any atom is -0.198 e. The third-order valence-corrected chi connectivity index (χ3v) is 7.08. The van der Waals surface area contributed by atoms with Gasteiger partial charge in [0.05, 0.1) is 0 Å². The molecule has 0 atom stereocenters. The van der Waals surface area contributed by atoms with Crippen LogP contribution in [0, 0.1) is 13.0 Å². The van der Waals surface area contributed by atoms with Crippen LogP contribution in [-0.2, 0) is 17.1 Å². The smallest absolute Gasteiger partial charge is 0.108 e. The topological polar surface area (TPSA) is 0 Å². The Labute approximate surface area is 251 Å². The van der Waals surface area contributed by atoms with E-state index >= 15 is 0 Å². The summed E-state index contributed by atoms with van der Waals surface area (Å²) in [6, 6.07) is 53.8. The monoisotopic (exact) mass is 558 g/mol. The molecule has 0 heterocycles. The number of allylic oxidation sites excluding steroid dienone is 5. The van der Waals surface area contributed by atoms with Gasteiger partial charge in [-0.3, -0.25) is 0 Å². The standard InChI is InChI=1S/C24H20B.C7H8.C7H7.Fe/c1-5-13-21(14-6-1)25(22-15-7-2-8-16-22,23-17-9-3-10-18-23)24-19-11-4-12-20-24;1-7-5-3-2-4-6-7;1-2-7-5-3-4-6-7;/h1-20H;2-6H,1H3;2-3,5H,1,4H2;/q-1;;-1;. The molecular weight excluding hydrogens is 523 g/mol. The van der Waals surface area contributed by atoms with E-state index in [1.54, 1.807) is 0 Å². The molecule has 0 fully saturated rings. The average Bonchev–Trinajstić information content (AvgIpc) is 3.55. The van der Waals surface area contributed by atoms with Crippen LogP contribution in [0.3, 0.4) is 0 Å². The van der Waals surface area contributed by atoms with Crippen molar-refractivity contribution in [3.63, 3.8) is 0 Å². The fourth-order valence-corrected chi connectivity index (χ4v) is 5.22. The van der Waals surface area contributed by atoms with Gasteiger partial charge in [0.1, 0.15) is 6.15 Å². The third kappa shape index (κ3) is 7.73. The van der Waals surface area contributed by atoms with E-state index < -0.39 is 6.15 Å². The predicted octanol–water partition coefficient (Wildman–Crippen LogP) is 6.92. The summed E-state index contributed by atoms with van der Waals surface area (Å²) < 4.78 is 0. The van der Waals surface area contributed by atoms with Crippen LogP contribution >= 0.6 is 0 Å². The SMILES string of the molecule is C=CC1=[C-]CC=C1.Cc1ccccc1.[Fe].c1ccc([B-](c2ccccc2)(c2ccccc2)c2ccccc2)cc1. The molecule has 0 unspecified atom stereocenters. The molecule has 200 valence electrons. The van der Waals surface area contributed by atoms with Gasteiger partial charge in [0.25, 0.3) is 0 Å². The molecule has 0 radical (unpaired) electrons. The normalized spacial score (nSPS) is 11.5. The number of rotatable bonds is 5. The van der Waals surface area contributed by atoms with Crippen molar-refractivity contribution in [2.24, 2.45) is 0 Å². The average molecular weight is 558 g/mol. The van der Waals surface area contributed by atoms with Gasteiger partial charge in [-0.1, -0.05) is 164 Å². The van der Waals surface area contributed by atoms with Crippen LogP contribution in [-0.4, -0.2) is 6.15 Å². The maximum absolute atomic E-state index is 3.59. The van der Waals surface area contributed by atoms with E-state index in [4.69, 9.17) is 0 Å². The molecular formula is C38H35BFe-2. The molecule has 0 amide bonds. The fraction of sp³-hybridized carbons (Fsp3) is 0.0526. The summed E-state index contributed by atoms with van der Waals surface area (Å²) in [6.45, 7) is 5.68. The van der Waals surface area contributed by atoms with Crippen molar-refractivity contribution in [2.45, 2.75) is 13.3 Å². The molecule has 40 heavy (non-hydrogen) atoms. The van der Waals surface area contributed by atoms with Crippen LogP contribution in [0.1, 0.15) is 12.0 Å². The van der Waals surface area contributed by atoms with Gasteiger partial charge in [0, 0.05) is 17.1 Å². The zero-order valence-electron chi connectivity index (χ0n) is 23.0. The molecule has 0 bridgehead atoms. The Balaban J connectivity index is 0.000000241. The van der Waals surface area contributed by atoms with Crippen molar-refractivity contribution in [1.29, 1.82) is 0 Å². The van der Waals surface area contributed by atoms with Gasteiger partial charge in [0.2, 0.25) is 0 Å². The largest absolute Gasteiger partial charge is 0.198 e. The van der Waals surface area contributed by atoms with Crippen LogP contribution in [0.2, 0.25) is 0 Å². The molecule has 1 aliphatic carbocycles. The first kappa shape index (κ1) is 30.4. The summed E-state index contributed by atoms with van der Waals surface area (Å²) in [7, 11) is 0. The second-order valence-corrected chi connectivity index (χ2v) is 9.61. The van der Waals surface area contributed by atoms with Crippen molar-refractivity contribution in [1.82, 2.24) is 0 Å². The number of benzene rings is 5. The maximum atomic E-state index is 3.59. The van der Waals surface area contributed by atoms with E-state index in [9.17, 15) is 0 Å². The molecule has 2 heteroatoms. The van der Waals surface area contributed by atoms with Crippen LogP contribution in [0.4, 0.5) is 0 Å². The van der Waals surface area contributed by atoms with E-state index in [0.717, 1.165) is 12.0 Å². The summed E-state index contributed by atoms with van der Waals surface area (Å²) in [5.74, 6) is 0. The second-order valence-electron chi connectivity index (χ2n) is 9.61. The first-order valence-corrected chi connectivity index (χ1v) is 13.5. The summed E-state index contributed by atoms with van der Waals surface area (Å²) in [5, 5.41) is 0. The fourth-order valence-electron chi connectivity index (χ4n) is 5.22. The van der Waals surface area contributed by atoms with E-state index in [-0.39, 0.29) is 17.1 Å². The maximum Gasteiger partial charge on any atom is 0.108 e. The minimum absolute atomic E-state index is 0. The summed E-state index contributed by atoms with van der Waals surface area (Å²) in [6.07, 6.45) is 8.73. The van der Waals surface area contributed by atoms with Crippen LogP contribution in [0.25, 0.3) is 0 Å². The van der Waals surface area contributed by atoms with Gasteiger partial charge in [0.15, 0.2) is 0 Å². The number of hydrogen-bond donors (Lipinski definition) is 0. The van der Waals surface area contributed by atoms with Gasteiger partial charge in [-0.2, -0.15) is 52.2 Å². The second kappa shape index (κ2) is 16.1. The summed E-state index contributed by atoms with van der Waals surface area (Å²) in [4.78, 5) is 0. The van der Waals surface area contributed by atoms with Gasteiger partial charge in [-0.25, -0.2) is 0 Å². The Bertz CT molecular complexity index is 1300. The van der Waals surface area contributed by atoms with Crippen LogP contribution in [0.5, 0.6) is 0 Å². The Morgan fingerprint density at radius 1 is 0.550 bits per heavy atom. The molecule has 0 nitrogen and oxygen atoms in total. The molecule has 0 spiro atoms. The van der Waals surface area contributed by atoms with Gasteiger partial charge < -0.3 is 0 Å². The first-order valence-electron chi connectivity index (χ1n) is 13.5. The van der Waals surface area contributed by atoms with Crippen molar-refractivity contribution in [3.8, 4) is 0 Å². The molecule has 6 rings (SSSR count). The molecule has 5 aromatic rings. The van der Waals surface area contributed by atoms with Crippen molar-refractivity contribution >= 4 is 28.0 Å². The quantitative estimate of drug-likeness (QED) is 0.162. The van der Waals surface area contributed by atoms with Crippen molar-refractivity contribution < 1.29 is 17.1 Å². The van der Waals surface area contributed by atoms with Crippen LogP contribution in [0.15, 0.2) is 182 Å². The first-order chi connectivity index (χ1) is 19.2. The molecule has 0 aliphatic heterocycles. The summed E-state index contributed by atoms with van der Waals surface area (Å²) in [5.41, 5.74) is 7.80. The zero-order chi connectivity index (χ0) is 27.2. The van der Waals surface area contributed by atoms with E-state index in [1.807, 2.05) is 30.4 Å². The Hall–Kier alpha value is -4.10. The van der Waals surface area contributed by atoms with Crippen LogP contribution < -0.4 is 21.9 Å². The Kier molecular flexibility index (Phi) is 12.3. The number of aryl methyl sites for hydroxylation is 1. The number of hydrogen-bond acceptors (Lipinski definition) is 0. The third-order valence-electron chi connectivity index (χ3n) is 7.08. The molecule has 1 aliphatic rings. The van der Waals surface area contributed by atoms with Crippen molar-refractivity contribution in [3.05, 3.63) is 194 Å². The van der Waals surface area contributed by atoms with E-state index in [1.165, 1.54) is 27.4 Å². The zero-order valence-corrected chi connectivity index (χ0v) is 24.1. The van der Waals surface area contributed by atoms with Gasteiger partial charge >= 0.3 is 0 Å².